The maximum Gasteiger partial charge on any atom is 0.435 e. The lowest BCUT2D eigenvalue weighted by molar-refractivity contribution is -0.148. The molecule has 2 saturated heterocycles. The zero-order valence-corrected chi connectivity index (χ0v) is 24.2. The van der Waals surface area contributed by atoms with Gasteiger partial charge in [-0.15, -0.1) is 0 Å². The van der Waals surface area contributed by atoms with Crippen LogP contribution in [0.3, 0.4) is 0 Å². The Labute approximate surface area is 256 Å². The molecule has 4 heterocycles. The first-order valence-corrected chi connectivity index (χ1v) is 13.9. The molecule has 2 aromatic heterocycles. The van der Waals surface area contributed by atoms with E-state index in [1.54, 1.807) is 9.80 Å². The minimum atomic E-state index is -5.08. The third-order valence-electron chi connectivity index (χ3n) is 7.26. The van der Waals surface area contributed by atoms with E-state index in [0.717, 1.165) is 10.8 Å². The zero-order valence-electron chi connectivity index (χ0n) is 23.5. The lowest BCUT2D eigenvalue weighted by atomic mass is 10.1. The second-order valence-electron chi connectivity index (χ2n) is 10.5. The summed E-state index contributed by atoms with van der Waals surface area (Å²) in [5.41, 5.74) is -2.25. The Hall–Kier alpha value is -4.32. The van der Waals surface area contributed by atoms with Crippen LogP contribution >= 0.6 is 11.6 Å². The fourth-order valence-corrected chi connectivity index (χ4v) is 5.11. The van der Waals surface area contributed by atoms with Gasteiger partial charge in [-0.2, -0.15) is 31.4 Å². The van der Waals surface area contributed by atoms with Gasteiger partial charge in [0.15, 0.2) is 11.5 Å². The van der Waals surface area contributed by atoms with Gasteiger partial charge in [0, 0.05) is 58.2 Å². The van der Waals surface area contributed by atoms with Crippen LogP contribution in [0.1, 0.15) is 26.7 Å². The third kappa shape index (κ3) is 7.16. The van der Waals surface area contributed by atoms with E-state index in [1.807, 2.05) is 0 Å². The molecule has 0 radical (unpaired) electrons. The molecule has 2 fully saturated rings. The number of halogens is 7. The summed E-state index contributed by atoms with van der Waals surface area (Å²) in [5, 5.41) is 11.5. The molecule has 242 valence electrons. The first kappa shape index (κ1) is 32.1. The largest absolute Gasteiger partial charge is 0.435 e. The molecule has 0 unspecified atom stereocenters. The number of carbonyl (C=O) groups is 3. The molecule has 19 heteroatoms. The van der Waals surface area contributed by atoms with Crippen molar-refractivity contribution >= 4 is 35.1 Å². The Kier molecular flexibility index (Phi) is 8.72. The quantitative estimate of drug-likeness (QED) is 0.348. The van der Waals surface area contributed by atoms with Gasteiger partial charge in [0.2, 0.25) is 0 Å². The predicted molar refractivity (Wildman–Crippen MR) is 148 cm³/mol. The highest BCUT2D eigenvalue weighted by Gasteiger charge is 2.40. The molecule has 4 amide bonds. The number of rotatable bonds is 6. The molecule has 5 rings (SSSR count). The fraction of sp³-hybridized carbons (Fsp3) is 0.423. The highest BCUT2D eigenvalue weighted by molar-refractivity contribution is 6.34. The summed E-state index contributed by atoms with van der Waals surface area (Å²) in [6.45, 7) is 0.933. The first-order chi connectivity index (χ1) is 21.1. The van der Waals surface area contributed by atoms with Crippen LogP contribution in [0.25, 0.3) is 11.3 Å². The average molecular weight is 662 g/mol. The van der Waals surface area contributed by atoms with Gasteiger partial charge < -0.3 is 30.3 Å². The van der Waals surface area contributed by atoms with Gasteiger partial charge in [-0.3, -0.25) is 14.3 Å². The van der Waals surface area contributed by atoms with Crippen LogP contribution in [0.5, 0.6) is 0 Å². The molecule has 0 saturated carbocycles. The second-order valence-corrected chi connectivity index (χ2v) is 10.9. The smallest absolute Gasteiger partial charge is 0.335 e. The summed E-state index contributed by atoms with van der Waals surface area (Å²) >= 11 is 6.36. The fourth-order valence-electron chi connectivity index (χ4n) is 4.85. The van der Waals surface area contributed by atoms with Gasteiger partial charge in [0.1, 0.15) is 6.54 Å². The van der Waals surface area contributed by atoms with Crippen molar-refractivity contribution < 1.29 is 40.7 Å². The number of nitrogens with one attached hydrogen (secondary N) is 3. The normalized spacial score (nSPS) is 16.0. The number of carbonyl (C=O) groups excluding carboxylic acids is 3. The topological polar surface area (TPSA) is 129 Å². The molecule has 0 spiro atoms. The monoisotopic (exact) mass is 661 g/mol. The summed E-state index contributed by atoms with van der Waals surface area (Å²) in [5.74, 6) is -1.59. The number of amides is 4. The summed E-state index contributed by atoms with van der Waals surface area (Å²) in [7, 11) is 1.22. The Balaban J connectivity index is 1.25. The van der Waals surface area contributed by atoms with Crippen LogP contribution in [0.4, 0.5) is 36.8 Å². The van der Waals surface area contributed by atoms with Crippen molar-refractivity contribution in [2.24, 2.45) is 7.05 Å². The minimum absolute atomic E-state index is 0.0166. The number of imidazole rings is 1. The lowest BCUT2D eigenvalue weighted by Crippen LogP contribution is -2.61. The van der Waals surface area contributed by atoms with Crippen LogP contribution in [0, 0.1) is 0 Å². The molecule has 1 aromatic carbocycles. The van der Waals surface area contributed by atoms with Crippen molar-refractivity contribution in [1.82, 2.24) is 39.8 Å². The van der Waals surface area contributed by atoms with Crippen LogP contribution in [0.15, 0.2) is 30.6 Å². The van der Waals surface area contributed by atoms with E-state index in [1.165, 1.54) is 25.2 Å². The van der Waals surface area contributed by atoms with Crippen molar-refractivity contribution in [1.29, 1.82) is 0 Å². The van der Waals surface area contributed by atoms with E-state index >= 15 is 0 Å². The standard InChI is InChI=1S/C26H26ClF6N9O3/c1-39-19(17-12-42(13-25(28,29)30)38-20(17)26(31,32)33)11-35-21(39)22(43)36-14-2-3-16(18(27)8-14)23(44)40-4-6-41(7-5-40)24(45)37-15-9-34-10-15/h2-3,8,11-12,15,34H,4-7,9-10,13H2,1H3,(H,36,43)(H,37,45). The van der Waals surface area contributed by atoms with Gasteiger partial charge in [0.25, 0.3) is 11.8 Å². The maximum atomic E-state index is 13.6. The highest BCUT2D eigenvalue weighted by Crippen LogP contribution is 2.37. The van der Waals surface area contributed by atoms with Crippen molar-refractivity contribution in [3.63, 3.8) is 0 Å². The zero-order chi connectivity index (χ0) is 32.7. The van der Waals surface area contributed by atoms with Crippen LogP contribution in [-0.4, -0.2) is 98.5 Å². The third-order valence-corrected chi connectivity index (χ3v) is 7.57. The van der Waals surface area contributed by atoms with Crippen LogP contribution in [-0.2, 0) is 19.8 Å². The molecule has 45 heavy (non-hydrogen) atoms. The number of urea groups is 1. The van der Waals surface area contributed by atoms with E-state index in [0.29, 0.717) is 32.4 Å². The lowest BCUT2D eigenvalue weighted by Gasteiger charge is -2.37. The first-order valence-electron chi connectivity index (χ1n) is 13.5. The molecular formula is C26H26ClF6N9O3. The highest BCUT2D eigenvalue weighted by atomic mass is 35.5. The van der Waals surface area contributed by atoms with Gasteiger partial charge >= 0.3 is 18.4 Å². The molecular weight excluding hydrogens is 636 g/mol. The second kappa shape index (κ2) is 12.2. The Bertz CT molecular complexity index is 1610. The number of nitrogens with zero attached hydrogens (tertiary/aromatic N) is 6. The Morgan fingerprint density at radius 2 is 1.71 bits per heavy atom. The predicted octanol–water partition coefficient (Wildman–Crippen LogP) is 3.21. The molecule has 0 atom stereocenters. The minimum Gasteiger partial charge on any atom is -0.335 e. The number of benzene rings is 1. The van der Waals surface area contributed by atoms with E-state index < -0.39 is 36.1 Å². The number of anilines is 1. The number of hydrogen-bond donors (Lipinski definition) is 3. The number of alkyl halides is 6. The Morgan fingerprint density at radius 1 is 1.04 bits per heavy atom. The van der Waals surface area contributed by atoms with Crippen LogP contribution in [0.2, 0.25) is 5.02 Å². The van der Waals surface area contributed by atoms with E-state index in [2.05, 4.69) is 26.0 Å². The van der Waals surface area contributed by atoms with Gasteiger partial charge in [-0.25, -0.2) is 9.78 Å². The number of hydrogen-bond acceptors (Lipinski definition) is 6. The molecule has 3 aromatic rings. The van der Waals surface area contributed by atoms with Gasteiger partial charge in [-0.1, -0.05) is 11.6 Å². The van der Waals surface area contributed by atoms with Gasteiger partial charge in [0.05, 0.1) is 34.1 Å². The SMILES string of the molecule is Cn1c(-c2cn(CC(F)(F)F)nc2C(F)(F)F)cnc1C(=O)Nc1ccc(C(=O)N2CCN(C(=O)NC3CNC3)CC2)c(Cl)c1. The van der Waals surface area contributed by atoms with Gasteiger partial charge in [-0.05, 0) is 18.2 Å². The van der Waals surface area contributed by atoms with E-state index in [-0.39, 0.29) is 63.5 Å². The summed E-state index contributed by atoms with van der Waals surface area (Å²) in [6, 6.07) is 4.02. The molecule has 3 N–H and O–H groups in total. The number of aromatic nitrogens is 4. The summed E-state index contributed by atoms with van der Waals surface area (Å²) < 4.78 is 80.3. The maximum absolute atomic E-state index is 13.6. The van der Waals surface area contributed by atoms with Crippen molar-refractivity contribution in [2.45, 2.75) is 24.9 Å². The number of piperazine rings is 1. The van der Waals surface area contributed by atoms with Crippen molar-refractivity contribution in [3.8, 4) is 11.3 Å². The molecule has 12 nitrogen and oxygen atoms in total. The van der Waals surface area contributed by atoms with Crippen molar-refractivity contribution in [2.75, 3.05) is 44.6 Å². The Morgan fingerprint density at radius 3 is 2.29 bits per heavy atom. The summed E-state index contributed by atoms with van der Waals surface area (Å²) in [6.07, 6.45) is -8.39. The van der Waals surface area contributed by atoms with Crippen molar-refractivity contribution in [3.05, 3.63) is 52.7 Å². The average Bonchev–Trinajstić information content (AvgIpc) is 3.52. The molecule has 2 aliphatic rings. The summed E-state index contributed by atoms with van der Waals surface area (Å²) in [4.78, 5) is 45.5. The molecule has 2 aliphatic heterocycles. The van der Waals surface area contributed by atoms with E-state index in [9.17, 15) is 40.7 Å². The molecule has 0 aliphatic carbocycles. The molecule has 0 bridgehead atoms. The van der Waals surface area contributed by atoms with Crippen LogP contribution < -0.4 is 16.0 Å². The van der Waals surface area contributed by atoms with E-state index in [4.69, 9.17) is 11.6 Å².